The summed E-state index contributed by atoms with van der Waals surface area (Å²) >= 11 is 0. The Labute approximate surface area is 76.3 Å². The Morgan fingerprint density at radius 2 is 1.67 bits per heavy atom. The fourth-order valence-electron chi connectivity index (χ4n) is 1.21. The molecule has 0 N–H and O–H groups in total. The molecule has 0 aromatic carbocycles. The summed E-state index contributed by atoms with van der Waals surface area (Å²) in [5, 5.41) is 0. The van der Waals surface area contributed by atoms with E-state index in [1.54, 1.807) is 0 Å². The van der Waals surface area contributed by atoms with Gasteiger partial charge in [-0.3, -0.25) is 4.90 Å². The predicted molar refractivity (Wildman–Crippen MR) is 52.3 cm³/mol. The van der Waals surface area contributed by atoms with E-state index in [2.05, 4.69) is 30.8 Å². The lowest BCUT2D eigenvalue weighted by Gasteiger charge is -2.38. The third kappa shape index (κ3) is 3.52. The van der Waals surface area contributed by atoms with Gasteiger partial charge in [-0.15, -0.1) is 0 Å². The van der Waals surface area contributed by atoms with Crippen molar-refractivity contribution in [2.45, 2.75) is 19.6 Å². The number of hydrogen-bond donors (Lipinski definition) is 0. The van der Waals surface area contributed by atoms with Gasteiger partial charge in [0.1, 0.15) is 5.72 Å². The maximum atomic E-state index is 5.69. The smallest absolute Gasteiger partial charge is 0.131 e. The zero-order valence-electron chi connectivity index (χ0n) is 9.22. The second kappa shape index (κ2) is 4.80. The number of rotatable bonds is 5. The summed E-state index contributed by atoms with van der Waals surface area (Å²) in [4.78, 5) is 4.24. The van der Waals surface area contributed by atoms with Gasteiger partial charge in [0.25, 0.3) is 0 Å². The maximum absolute atomic E-state index is 5.69. The van der Waals surface area contributed by atoms with Gasteiger partial charge in [-0.25, -0.2) is 0 Å². The number of nitrogens with zero attached hydrogens (tertiary/aromatic N) is 2. The SMILES string of the molecule is CCOC(C)(CN(C)C)N(C)C. The summed E-state index contributed by atoms with van der Waals surface area (Å²) in [6.45, 7) is 5.80. The molecule has 0 rings (SSSR count). The average Bonchev–Trinajstić information content (AvgIpc) is 1.85. The van der Waals surface area contributed by atoms with Crippen molar-refractivity contribution in [3.8, 4) is 0 Å². The van der Waals surface area contributed by atoms with Crippen LogP contribution in [-0.4, -0.2) is 56.9 Å². The van der Waals surface area contributed by atoms with E-state index in [0.717, 1.165) is 13.2 Å². The summed E-state index contributed by atoms with van der Waals surface area (Å²) in [7, 11) is 8.19. The van der Waals surface area contributed by atoms with Gasteiger partial charge < -0.3 is 9.64 Å². The molecule has 3 heteroatoms. The van der Waals surface area contributed by atoms with Crippen molar-refractivity contribution in [3.63, 3.8) is 0 Å². The van der Waals surface area contributed by atoms with Crippen LogP contribution in [0.5, 0.6) is 0 Å². The van der Waals surface area contributed by atoms with Crippen LogP contribution in [0.4, 0.5) is 0 Å². The first-order valence-electron chi connectivity index (χ1n) is 4.38. The van der Waals surface area contributed by atoms with Crippen molar-refractivity contribution in [2.24, 2.45) is 0 Å². The molecule has 0 aliphatic heterocycles. The van der Waals surface area contributed by atoms with Crippen LogP contribution in [-0.2, 0) is 4.74 Å². The molecular weight excluding hydrogens is 152 g/mol. The van der Waals surface area contributed by atoms with Crippen molar-refractivity contribution >= 4 is 0 Å². The van der Waals surface area contributed by atoms with Crippen molar-refractivity contribution in [3.05, 3.63) is 0 Å². The molecule has 12 heavy (non-hydrogen) atoms. The molecule has 0 spiro atoms. The van der Waals surface area contributed by atoms with Crippen molar-refractivity contribution < 1.29 is 4.74 Å². The second-order valence-electron chi connectivity index (χ2n) is 3.74. The number of ether oxygens (including phenoxy) is 1. The molecule has 0 radical (unpaired) electrons. The Bertz CT molecular complexity index is 126. The van der Waals surface area contributed by atoms with Crippen LogP contribution in [0.2, 0.25) is 0 Å². The topological polar surface area (TPSA) is 15.7 Å². The van der Waals surface area contributed by atoms with Crippen molar-refractivity contribution in [2.75, 3.05) is 41.3 Å². The molecule has 74 valence electrons. The van der Waals surface area contributed by atoms with E-state index < -0.39 is 0 Å². The Morgan fingerprint density at radius 1 is 1.17 bits per heavy atom. The Kier molecular flexibility index (Phi) is 4.75. The molecule has 0 saturated heterocycles. The summed E-state index contributed by atoms with van der Waals surface area (Å²) in [5.41, 5.74) is -0.168. The number of hydrogen-bond acceptors (Lipinski definition) is 3. The molecule has 1 unspecified atom stereocenters. The highest BCUT2D eigenvalue weighted by atomic mass is 16.5. The van der Waals surface area contributed by atoms with Gasteiger partial charge in [0.15, 0.2) is 0 Å². The van der Waals surface area contributed by atoms with Gasteiger partial charge in [0.05, 0.1) is 0 Å². The van der Waals surface area contributed by atoms with E-state index in [9.17, 15) is 0 Å². The number of likely N-dealkylation sites (N-methyl/N-ethyl adjacent to an activating group) is 2. The molecule has 3 nitrogen and oxygen atoms in total. The minimum atomic E-state index is -0.168. The fraction of sp³-hybridized carbons (Fsp3) is 1.00. The predicted octanol–water partition coefficient (Wildman–Crippen LogP) is 0.862. The first-order valence-corrected chi connectivity index (χ1v) is 4.38. The first-order chi connectivity index (χ1) is 5.42. The van der Waals surface area contributed by atoms with Crippen LogP contribution in [0.3, 0.4) is 0 Å². The minimum Gasteiger partial charge on any atom is -0.360 e. The Hall–Kier alpha value is -0.120. The summed E-state index contributed by atoms with van der Waals surface area (Å²) in [6, 6.07) is 0. The minimum absolute atomic E-state index is 0.168. The second-order valence-corrected chi connectivity index (χ2v) is 3.74. The largest absolute Gasteiger partial charge is 0.360 e. The molecular formula is C9H22N2O. The van der Waals surface area contributed by atoms with Gasteiger partial charge in [-0.2, -0.15) is 0 Å². The molecule has 0 aromatic rings. The van der Waals surface area contributed by atoms with Gasteiger partial charge >= 0.3 is 0 Å². The van der Waals surface area contributed by atoms with Crippen LogP contribution >= 0.6 is 0 Å². The van der Waals surface area contributed by atoms with Crippen LogP contribution in [0.1, 0.15) is 13.8 Å². The van der Waals surface area contributed by atoms with Crippen molar-refractivity contribution in [1.82, 2.24) is 9.80 Å². The fourth-order valence-corrected chi connectivity index (χ4v) is 1.21. The van der Waals surface area contributed by atoms with Crippen LogP contribution in [0, 0.1) is 0 Å². The van der Waals surface area contributed by atoms with Crippen LogP contribution in [0.15, 0.2) is 0 Å². The van der Waals surface area contributed by atoms with E-state index in [-0.39, 0.29) is 5.72 Å². The molecule has 0 bridgehead atoms. The standard InChI is InChI=1S/C9H22N2O/c1-7-12-9(2,11(5)6)8-10(3)4/h7-8H2,1-6H3. The molecule has 0 aliphatic carbocycles. The summed E-state index contributed by atoms with van der Waals surface area (Å²) in [5.74, 6) is 0. The molecule has 1 atom stereocenters. The molecule has 0 heterocycles. The Morgan fingerprint density at radius 3 is 1.92 bits per heavy atom. The van der Waals surface area contributed by atoms with E-state index >= 15 is 0 Å². The summed E-state index contributed by atoms with van der Waals surface area (Å²) in [6.07, 6.45) is 0. The normalized spacial score (nSPS) is 17.0. The van der Waals surface area contributed by atoms with E-state index in [0.29, 0.717) is 0 Å². The molecule has 0 aliphatic rings. The molecule has 0 fully saturated rings. The average molecular weight is 174 g/mol. The zero-order chi connectivity index (χ0) is 9.78. The first kappa shape index (κ1) is 11.9. The highest BCUT2D eigenvalue weighted by Gasteiger charge is 2.27. The third-order valence-electron chi connectivity index (χ3n) is 2.01. The molecule has 0 amide bonds. The van der Waals surface area contributed by atoms with Gasteiger partial charge in [-0.1, -0.05) is 0 Å². The lowest BCUT2D eigenvalue weighted by Crippen LogP contribution is -2.51. The van der Waals surface area contributed by atoms with E-state index in [1.165, 1.54) is 0 Å². The lowest BCUT2D eigenvalue weighted by molar-refractivity contribution is -0.130. The van der Waals surface area contributed by atoms with Gasteiger partial charge in [-0.05, 0) is 42.0 Å². The summed E-state index contributed by atoms with van der Waals surface area (Å²) < 4.78 is 5.69. The highest BCUT2D eigenvalue weighted by Crippen LogP contribution is 2.13. The molecule has 0 saturated carbocycles. The van der Waals surface area contributed by atoms with Crippen LogP contribution in [0.25, 0.3) is 0 Å². The lowest BCUT2D eigenvalue weighted by atomic mass is 10.2. The monoisotopic (exact) mass is 174 g/mol. The van der Waals surface area contributed by atoms with E-state index in [1.807, 2.05) is 21.0 Å². The molecule has 0 aromatic heterocycles. The highest BCUT2D eigenvalue weighted by molar-refractivity contribution is 4.74. The van der Waals surface area contributed by atoms with Crippen molar-refractivity contribution in [1.29, 1.82) is 0 Å². The van der Waals surface area contributed by atoms with E-state index in [4.69, 9.17) is 4.74 Å². The zero-order valence-corrected chi connectivity index (χ0v) is 9.22. The van der Waals surface area contributed by atoms with Crippen LogP contribution < -0.4 is 0 Å². The quantitative estimate of drug-likeness (QED) is 0.575. The maximum Gasteiger partial charge on any atom is 0.131 e. The Balaban J connectivity index is 4.18. The van der Waals surface area contributed by atoms with Gasteiger partial charge in [0.2, 0.25) is 0 Å². The van der Waals surface area contributed by atoms with Gasteiger partial charge in [0, 0.05) is 13.2 Å². The third-order valence-corrected chi connectivity index (χ3v) is 2.01.